The highest BCUT2D eigenvalue weighted by Gasteiger charge is 2.30. The SMILES string of the molecule is N#CSc1cnc(N2CC(Cl)CC2=O)s1. The summed E-state index contributed by atoms with van der Waals surface area (Å²) in [6.07, 6.45) is 1.96. The van der Waals surface area contributed by atoms with Gasteiger partial charge in [-0.1, -0.05) is 11.3 Å². The molecule has 4 nitrogen and oxygen atoms in total. The number of hydrogen-bond donors (Lipinski definition) is 0. The topological polar surface area (TPSA) is 57.0 Å². The molecule has 2 heterocycles. The summed E-state index contributed by atoms with van der Waals surface area (Å²) in [4.78, 5) is 17.2. The third kappa shape index (κ3) is 2.25. The van der Waals surface area contributed by atoms with Gasteiger partial charge in [-0.25, -0.2) is 4.98 Å². The average molecular weight is 260 g/mol. The second-order valence-electron chi connectivity index (χ2n) is 2.96. The zero-order valence-electron chi connectivity index (χ0n) is 7.51. The Labute approximate surface area is 99.9 Å². The van der Waals surface area contributed by atoms with Crippen LogP contribution in [0.25, 0.3) is 0 Å². The van der Waals surface area contributed by atoms with E-state index in [1.54, 1.807) is 11.1 Å². The van der Waals surface area contributed by atoms with Crippen LogP contribution in [0.1, 0.15) is 6.42 Å². The van der Waals surface area contributed by atoms with Crippen molar-refractivity contribution < 1.29 is 4.79 Å². The van der Waals surface area contributed by atoms with Crippen LogP contribution >= 0.6 is 34.7 Å². The zero-order valence-corrected chi connectivity index (χ0v) is 9.90. The van der Waals surface area contributed by atoms with Crippen molar-refractivity contribution in [2.24, 2.45) is 0 Å². The fraction of sp³-hybridized carbons (Fsp3) is 0.375. The van der Waals surface area contributed by atoms with Gasteiger partial charge in [0.2, 0.25) is 5.91 Å². The Kier molecular flexibility index (Phi) is 3.14. The number of nitriles is 1. The van der Waals surface area contributed by atoms with Gasteiger partial charge in [0.1, 0.15) is 5.40 Å². The Morgan fingerprint density at radius 1 is 1.80 bits per heavy atom. The van der Waals surface area contributed by atoms with Crippen LogP contribution in [-0.4, -0.2) is 22.8 Å². The van der Waals surface area contributed by atoms with E-state index in [2.05, 4.69) is 4.98 Å². The third-order valence-corrected chi connectivity index (χ3v) is 3.93. The number of carbonyl (C=O) groups excluding carboxylic acids is 1. The maximum Gasteiger partial charge on any atom is 0.230 e. The lowest BCUT2D eigenvalue weighted by Crippen LogP contribution is -2.24. The summed E-state index contributed by atoms with van der Waals surface area (Å²) < 4.78 is 0.790. The summed E-state index contributed by atoms with van der Waals surface area (Å²) in [5.74, 6) is -0.00198. The minimum absolute atomic E-state index is 0.00198. The van der Waals surface area contributed by atoms with E-state index < -0.39 is 0 Å². The quantitative estimate of drug-likeness (QED) is 0.463. The number of anilines is 1. The van der Waals surface area contributed by atoms with Crippen molar-refractivity contribution in [2.45, 2.75) is 16.0 Å². The fourth-order valence-electron chi connectivity index (χ4n) is 1.32. The molecule has 1 saturated heterocycles. The van der Waals surface area contributed by atoms with Crippen molar-refractivity contribution in [3.05, 3.63) is 6.20 Å². The summed E-state index contributed by atoms with van der Waals surface area (Å²) in [7, 11) is 0. The first-order chi connectivity index (χ1) is 7.20. The highest BCUT2D eigenvalue weighted by atomic mass is 35.5. The van der Waals surface area contributed by atoms with E-state index in [0.717, 1.165) is 16.0 Å². The largest absolute Gasteiger partial charge is 0.287 e. The van der Waals surface area contributed by atoms with E-state index in [0.29, 0.717) is 18.1 Å². The van der Waals surface area contributed by atoms with E-state index in [1.807, 2.05) is 5.40 Å². The molecule has 7 heteroatoms. The monoisotopic (exact) mass is 259 g/mol. The summed E-state index contributed by atoms with van der Waals surface area (Å²) in [5.41, 5.74) is 0. The van der Waals surface area contributed by atoms with Crippen molar-refractivity contribution in [3.8, 4) is 5.40 Å². The number of hydrogen-bond acceptors (Lipinski definition) is 5. The number of nitrogens with zero attached hydrogens (tertiary/aromatic N) is 3. The number of aromatic nitrogens is 1. The lowest BCUT2D eigenvalue weighted by atomic mass is 10.4. The Morgan fingerprint density at radius 2 is 2.60 bits per heavy atom. The molecule has 1 aromatic rings. The molecule has 1 aliphatic heterocycles. The Balaban J connectivity index is 2.16. The van der Waals surface area contributed by atoms with E-state index >= 15 is 0 Å². The van der Waals surface area contributed by atoms with Crippen LogP contribution in [0, 0.1) is 10.7 Å². The van der Waals surface area contributed by atoms with Crippen LogP contribution in [0.3, 0.4) is 0 Å². The summed E-state index contributed by atoms with van der Waals surface area (Å²) in [5, 5.41) is 10.9. The highest BCUT2D eigenvalue weighted by Crippen LogP contribution is 2.32. The molecule has 0 radical (unpaired) electrons. The van der Waals surface area contributed by atoms with E-state index in [-0.39, 0.29) is 11.3 Å². The molecule has 78 valence electrons. The third-order valence-electron chi connectivity index (χ3n) is 1.93. The van der Waals surface area contributed by atoms with Crippen LogP contribution < -0.4 is 4.90 Å². The molecule has 0 aliphatic carbocycles. The standard InChI is InChI=1S/C8H6ClN3OS2/c9-5-1-6(13)12(3-5)8-11-2-7(15-8)14-4-10/h2,5H,1,3H2. The van der Waals surface area contributed by atoms with Gasteiger partial charge in [-0.2, -0.15) is 5.26 Å². The smallest absolute Gasteiger partial charge is 0.230 e. The van der Waals surface area contributed by atoms with Crippen molar-refractivity contribution in [1.29, 1.82) is 5.26 Å². The Bertz CT molecular complexity index is 428. The molecule has 2 rings (SSSR count). The Hall–Kier alpha value is -0.770. The average Bonchev–Trinajstić information content (AvgIpc) is 2.73. The van der Waals surface area contributed by atoms with E-state index in [1.165, 1.54) is 11.3 Å². The van der Waals surface area contributed by atoms with Crippen molar-refractivity contribution in [3.63, 3.8) is 0 Å². The number of amides is 1. The van der Waals surface area contributed by atoms with Gasteiger partial charge >= 0.3 is 0 Å². The summed E-state index contributed by atoms with van der Waals surface area (Å²) >= 11 is 8.26. The first-order valence-corrected chi connectivity index (χ1v) is 6.24. The molecule has 1 aliphatic rings. The number of thiazole rings is 1. The molecular weight excluding hydrogens is 254 g/mol. The first kappa shape index (κ1) is 10.7. The number of thiocyanates is 1. The normalized spacial score (nSPS) is 20.7. The molecule has 1 amide bonds. The molecule has 0 saturated carbocycles. The number of carbonyl (C=O) groups is 1. The molecule has 1 atom stereocenters. The lowest BCUT2D eigenvalue weighted by Gasteiger charge is -2.10. The molecule has 0 aromatic carbocycles. The first-order valence-electron chi connectivity index (χ1n) is 4.17. The van der Waals surface area contributed by atoms with E-state index in [4.69, 9.17) is 16.9 Å². The predicted octanol–water partition coefficient (Wildman–Crippen LogP) is 2.06. The zero-order chi connectivity index (χ0) is 10.8. The molecule has 1 aromatic heterocycles. The van der Waals surface area contributed by atoms with Crippen molar-refractivity contribution in [1.82, 2.24) is 4.98 Å². The fourth-order valence-corrected chi connectivity index (χ4v) is 2.96. The summed E-state index contributed by atoms with van der Waals surface area (Å²) in [6, 6.07) is 0. The minimum Gasteiger partial charge on any atom is -0.287 e. The van der Waals surface area contributed by atoms with Gasteiger partial charge in [0, 0.05) is 24.7 Å². The van der Waals surface area contributed by atoms with E-state index in [9.17, 15) is 4.79 Å². The van der Waals surface area contributed by atoms with Crippen LogP contribution in [-0.2, 0) is 4.79 Å². The molecule has 1 fully saturated rings. The van der Waals surface area contributed by atoms with Crippen LogP contribution in [0.2, 0.25) is 0 Å². The number of alkyl halides is 1. The Morgan fingerprint density at radius 3 is 3.20 bits per heavy atom. The minimum atomic E-state index is -0.131. The van der Waals surface area contributed by atoms with Gasteiger partial charge in [0.15, 0.2) is 5.13 Å². The predicted molar refractivity (Wildman–Crippen MR) is 60.2 cm³/mol. The number of halogens is 1. The number of thioether (sulfide) groups is 1. The maximum absolute atomic E-state index is 11.5. The molecule has 1 unspecified atom stereocenters. The van der Waals surface area contributed by atoms with Crippen LogP contribution in [0.5, 0.6) is 0 Å². The second kappa shape index (κ2) is 4.39. The van der Waals surface area contributed by atoms with Gasteiger partial charge in [0.05, 0.1) is 15.8 Å². The highest BCUT2D eigenvalue weighted by molar-refractivity contribution is 8.05. The van der Waals surface area contributed by atoms with Gasteiger partial charge in [-0.15, -0.1) is 11.6 Å². The summed E-state index contributed by atoms with van der Waals surface area (Å²) in [6.45, 7) is 0.505. The van der Waals surface area contributed by atoms with Crippen molar-refractivity contribution in [2.75, 3.05) is 11.4 Å². The molecule has 0 spiro atoms. The molecule has 15 heavy (non-hydrogen) atoms. The lowest BCUT2D eigenvalue weighted by molar-refractivity contribution is -0.117. The molecule has 0 N–H and O–H groups in total. The van der Waals surface area contributed by atoms with Gasteiger partial charge in [-0.05, 0) is 0 Å². The van der Waals surface area contributed by atoms with Gasteiger partial charge in [0.25, 0.3) is 0 Å². The van der Waals surface area contributed by atoms with Gasteiger partial charge < -0.3 is 0 Å². The van der Waals surface area contributed by atoms with Crippen LogP contribution in [0.4, 0.5) is 5.13 Å². The number of rotatable bonds is 2. The molecule has 0 bridgehead atoms. The maximum atomic E-state index is 11.5. The van der Waals surface area contributed by atoms with Crippen molar-refractivity contribution >= 4 is 45.7 Å². The second-order valence-corrected chi connectivity index (χ2v) is 5.67. The van der Waals surface area contributed by atoms with Crippen LogP contribution in [0.15, 0.2) is 10.4 Å². The van der Waals surface area contributed by atoms with Gasteiger partial charge in [-0.3, -0.25) is 9.69 Å². The molecular formula is C8H6ClN3OS2.